The van der Waals surface area contributed by atoms with E-state index in [4.69, 9.17) is 4.42 Å². The summed E-state index contributed by atoms with van der Waals surface area (Å²) in [6.45, 7) is 10.9. The molecule has 7 nitrogen and oxygen atoms in total. The van der Waals surface area contributed by atoms with Crippen LogP contribution in [0.4, 0.5) is 0 Å². The van der Waals surface area contributed by atoms with Crippen molar-refractivity contribution in [2.24, 2.45) is 0 Å². The van der Waals surface area contributed by atoms with E-state index in [0.717, 1.165) is 11.5 Å². The van der Waals surface area contributed by atoms with Gasteiger partial charge in [0.15, 0.2) is 0 Å². The van der Waals surface area contributed by atoms with Crippen molar-refractivity contribution in [1.29, 1.82) is 0 Å². The van der Waals surface area contributed by atoms with E-state index in [-0.39, 0.29) is 24.8 Å². The average Bonchev–Trinajstić information content (AvgIpc) is 3.02. The van der Waals surface area contributed by atoms with Gasteiger partial charge in [0, 0.05) is 19.6 Å². The number of nitrogens with zero attached hydrogens (tertiary/aromatic N) is 1. The lowest BCUT2D eigenvalue weighted by Crippen LogP contribution is -2.56. The molecule has 27 heavy (non-hydrogen) atoms. The smallest absolute Gasteiger partial charge is 0.237 e. The summed E-state index contributed by atoms with van der Waals surface area (Å²) in [6, 6.07) is 3.18. The number of carbonyl (C=O) groups is 2. The largest absolute Gasteiger partial charge is 0.465 e. The summed E-state index contributed by atoms with van der Waals surface area (Å²) in [4.78, 5) is 26.7. The maximum Gasteiger partial charge on any atom is 0.237 e. The molecule has 1 fully saturated rings. The Morgan fingerprint density at radius 1 is 1.44 bits per heavy atom. The van der Waals surface area contributed by atoms with E-state index in [1.807, 2.05) is 24.0 Å². The van der Waals surface area contributed by atoms with Crippen LogP contribution in [0.1, 0.15) is 30.8 Å². The number of aryl methyl sites for hydroxylation is 1. The first-order valence-corrected chi connectivity index (χ1v) is 9.15. The van der Waals surface area contributed by atoms with Gasteiger partial charge in [-0.1, -0.05) is 12.2 Å². The second kappa shape index (κ2) is 9.53. The van der Waals surface area contributed by atoms with Gasteiger partial charge in [0.2, 0.25) is 11.8 Å². The molecule has 2 amide bonds. The molecule has 1 aromatic heterocycles. The molecule has 1 aliphatic rings. The minimum atomic E-state index is -1.11. The van der Waals surface area contributed by atoms with Gasteiger partial charge >= 0.3 is 0 Å². The molecule has 0 aliphatic carbocycles. The lowest BCUT2D eigenvalue weighted by Gasteiger charge is -2.34. The summed E-state index contributed by atoms with van der Waals surface area (Å²) in [5.74, 6) is 1.11. The zero-order valence-electron chi connectivity index (χ0n) is 15.9. The molecular weight excluding hydrogens is 346 g/mol. The molecule has 1 saturated heterocycles. The number of piperazine rings is 1. The molecule has 1 aliphatic heterocycles. The molecule has 1 atom stereocenters. The summed E-state index contributed by atoms with van der Waals surface area (Å²) in [5, 5.41) is 16.0. The van der Waals surface area contributed by atoms with Crippen LogP contribution in [0.15, 0.2) is 41.9 Å². The maximum absolute atomic E-state index is 12.4. The van der Waals surface area contributed by atoms with Gasteiger partial charge < -0.3 is 20.2 Å². The number of hydrogen-bond acceptors (Lipinski definition) is 5. The Morgan fingerprint density at radius 3 is 2.74 bits per heavy atom. The SMILES string of the molecule is C=CCC(O)(CC=C)CNC(=O)CC1C(=O)NCCN1Cc1ccc(C)o1. The Bertz CT molecular complexity index is 673. The van der Waals surface area contributed by atoms with E-state index >= 15 is 0 Å². The van der Waals surface area contributed by atoms with Gasteiger partial charge in [-0.3, -0.25) is 14.5 Å². The average molecular weight is 375 g/mol. The quantitative estimate of drug-likeness (QED) is 0.536. The molecule has 2 rings (SSSR count). The molecule has 148 valence electrons. The number of furan rings is 1. The van der Waals surface area contributed by atoms with Crippen LogP contribution in [-0.2, 0) is 16.1 Å². The van der Waals surface area contributed by atoms with Crippen molar-refractivity contribution < 1.29 is 19.1 Å². The van der Waals surface area contributed by atoms with Crippen molar-refractivity contribution >= 4 is 11.8 Å². The fourth-order valence-electron chi connectivity index (χ4n) is 3.22. The molecule has 0 spiro atoms. The van der Waals surface area contributed by atoms with Gasteiger partial charge in [-0.25, -0.2) is 0 Å². The maximum atomic E-state index is 12.4. The first-order chi connectivity index (χ1) is 12.9. The molecule has 7 heteroatoms. The fourth-order valence-corrected chi connectivity index (χ4v) is 3.22. The number of hydrogen-bond donors (Lipinski definition) is 3. The molecule has 0 bridgehead atoms. The Balaban J connectivity index is 1.96. The van der Waals surface area contributed by atoms with E-state index in [0.29, 0.717) is 32.5 Å². The van der Waals surface area contributed by atoms with Gasteiger partial charge in [-0.2, -0.15) is 0 Å². The highest BCUT2D eigenvalue weighted by atomic mass is 16.3. The summed E-state index contributed by atoms with van der Waals surface area (Å²) in [7, 11) is 0. The van der Waals surface area contributed by atoms with Crippen LogP contribution in [0.2, 0.25) is 0 Å². The predicted molar refractivity (Wildman–Crippen MR) is 103 cm³/mol. The number of rotatable bonds is 10. The summed E-state index contributed by atoms with van der Waals surface area (Å²) < 4.78 is 5.60. The molecule has 0 saturated carbocycles. The zero-order valence-corrected chi connectivity index (χ0v) is 15.9. The van der Waals surface area contributed by atoms with Gasteiger partial charge in [0.05, 0.1) is 24.6 Å². The first-order valence-electron chi connectivity index (χ1n) is 9.15. The van der Waals surface area contributed by atoms with Gasteiger partial charge in [-0.05, 0) is 31.9 Å². The normalized spacial score (nSPS) is 18.0. The zero-order chi connectivity index (χ0) is 19.9. The highest BCUT2D eigenvalue weighted by Crippen LogP contribution is 2.17. The number of nitrogens with one attached hydrogen (secondary N) is 2. The first kappa shape index (κ1) is 20.9. The molecule has 0 radical (unpaired) electrons. The number of carbonyl (C=O) groups excluding carboxylic acids is 2. The Labute approximate surface area is 160 Å². The third-order valence-corrected chi connectivity index (χ3v) is 4.64. The van der Waals surface area contributed by atoms with Gasteiger partial charge in [0.25, 0.3) is 0 Å². The molecular formula is C20H29N3O4. The Hall–Kier alpha value is -2.38. The van der Waals surface area contributed by atoms with Crippen LogP contribution in [-0.4, -0.2) is 53.1 Å². The monoisotopic (exact) mass is 375 g/mol. The third kappa shape index (κ3) is 6.08. The van der Waals surface area contributed by atoms with Crippen molar-refractivity contribution in [3.63, 3.8) is 0 Å². The standard InChI is InChI=1S/C20H29N3O4/c1-4-8-20(26,9-5-2)14-22-18(24)12-17-19(25)21-10-11-23(17)13-16-7-6-15(3)27-16/h4-7,17,26H,1-2,8-14H2,3H3,(H,21,25)(H,22,24). The molecule has 2 heterocycles. The van der Waals surface area contributed by atoms with E-state index in [2.05, 4.69) is 23.8 Å². The minimum absolute atomic E-state index is 0.0176. The van der Waals surface area contributed by atoms with Crippen LogP contribution in [0.25, 0.3) is 0 Å². The van der Waals surface area contributed by atoms with Crippen LogP contribution < -0.4 is 10.6 Å². The number of aliphatic hydroxyl groups is 1. The van der Waals surface area contributed by atoms with Crippen molar-refractivity contribution in [3.8, 4) is 0 Å². The van der Waals surface area contributed by atoms with Gasteiger partial charge in [-0.15, -0.1) is 13.2 Å². The van der Waals surface area contributed by atoms with E-state index in [9.17, 15) is 14.7 Å². The fraction of sp³-hybridized carbons (Fsp3) is 0.500. The lowest BCUT2D eigenvalue weighted by atomic mass is 9.95. The summed E-state index contributed by atoms with van der Waals surface area (Å²) in [5.41, 5.74) is -1.11. The Kier molecular flexibility index (Phi) is 7.38. The van der Waals surface area contributed by atoms with Crippen LogP contribution in [0.5, 0.6) is 0 Å². The second-order valence-corrected chi connectivity index (χ2v) is 6.98. The molecule has 0 aromatic carbocycles. The highest BCUT2D eigenvalue weighted by molar-refractivity contribution is 5.88. The van der Waals surface area contributed by atoms with E-state index in [1.54, 1.807) is 12.2 Å². The predicted octanol–water partition coefficient (Wildman–Crippen LogP) is 1.28. The molecule has 1 aromatic rings. The van der Waals surface area contributed by atoms with Crippen LogP contribution in [0, 0.1) is 6.92 Å². The summed E-state index contributed by atoms with van der Waals surface area (Å²) in [6.07, 6.45) is 3.92. The van der Waals surface area contributed by atoms with Gasteiger partial charge in [0.1, 0.15) is 11.5 Å². The van der Waals surface area contributed by atoms with E-state index in [1.165, 1.54) is 0 Å². The summed E-state index contributed by atoms with van der Waals surface area (Å²) >= 11 is 0. The number of amides is 2. The molecule has 1 unspecified atom stereocenters. The topological polar surface area (TPSA) is 94.8 Å². The third-order valence-electron chi connectivity index (χ3n) is 4.64. The highest BCUT2D eigenvalue weighted by Gasteiger charge is 2.33. The second-order valence-electron chi connectivity index (χ2n) is 6.98. The van der Waals surface area contributed by atoms with Crippen molar-refractivity contribution in [3.05, 3.63) is 49.0 Å². The Morgan fingerprint density at radius 2 is 2.15 bits per heavy atom. The van der Waals surface area contributed by atoms with E-state index < -0.39 is 11.6 Å². The molecule has 3 N–H and O–H groups in total. The van der Waals surface area contributed by atoms with Crippen LogP contribution >= 0.6 is 0 Å². The van der Waals surface area contributed by atoms with Crippen molar-refractivity contribution in [2.75, 3.05) is 19.6 Å². The minimum Gasteiger partial charge on any atom is -0.465 e. The van der Waals surface area contributed by atoms with Crippen molar-refractivity contribution in [1.82, 2.24) is 15.5 Å². The van der Waals surface area contributed by atoms with Crippen LogP contribution in [0.3, 0.4) is 0 Å². The lowest BCUT2D eigenvalue weighted by molar-refractivity contribution is -0.134. The van der Waals surface area contributed by atoms with Crippen molar-refractivity contribution in [2.45, 2.75) is 44.4 Å².